The molecule has 1 heterocycles. The average Bonchev–Trinajstić information content (AvgIpc) is 2.88. The highest BCUT2D eigenvalue weighted by atomic mass is 16.5. The van der Waals surface area contributed by atoms with Crippen LogP contribution in [0, 0.1) is 0 Å². The van der Waals surface area contributed by atoms with E-state index in [0.717, 1.165) is 18.7 Å². The van der Waals surface area contributed by atoms with Crippen LogP contribution >= 0.6 is 0 Å². The summed E-state index contributed by atoms with van der Waals surface area (Å²) in [5, 5.41) is 3.47. The van der Waals surface area contributed by atoms with E-state index in [9.17, 15) is 4.79 Å². The van der Waals surface area contributed by atoms with Crippen molar-refractivity contribution < 1.29 is 9.53 Å². The molecule has 0 saturated carbocycles. The highest BCUT2D eigenvalue weighted by Gasteiger charge is 2.12. The number of primary amides is 1. The predicted molar refractivity (Wildman–Crippen MR) is 70.7 cm³/mol. The Hall–Kier alpha value is -1.55. The summed E-state index contributed by atoms with van der Waals surface area (Å²) in [6, 6.07) is 7.62. The Morgan fingerprint density at radius 2 is 2.17 bits per heavy atom. The van der Waals surface area contributed by atoms with Gasteiger partial charge in [0.25, 0.3) is 0 Å². The van der Waals surface area contributed by atoms with Gasteiger partial charge in [0.15, 0.2) is 0 Å². The number of amides is 1. The molecule has 0 spiro atoms. The maximum absolute atomic E-state index is 10.9. The zero-order chi connectivity index (χ0) is 12.8. The van der Waals surface area contributed by atoms with E-state index in [1.807, 2.05) is 0 Å². The van der Waals surface area contributed by atoms with Crippen molar-refractivity contribution >= 4 is 5.91 Å². The van der Waals surface area contributed by atoms with Crippen LogP contribution < -0.4 is 15.8 Å². The van der Waals surface area contributed by atoms with Crippen LogP contribution in [0.3, 0.4) is 0 Å². The Morgan fingerprint density at radius 1 is 1.39 bits per heavy atom. The first kappa shape index (κ1) is 12.9. The minimum Gasteiger partial charge on any atom is -0.494 e. The monoisotopic (exact) mass is 248 g/mol. The number of nitrogens with two attached hydrogens (primary N) is 1. The van der Waals surface area contributed by atoms with Crippen LogP contribution in [-0.2, 0) is 0 Å². The summed E-state index contributed by atoms with van der Waals surface area (Å²) >= 11 is 0. The fourth-order valence-electron chi connectivity index (χ4n) is 2.24. The van der Waals surface area contributed by atoms with E-state index in [1.165, 1.54) is 19.3 Å². The number of ether oxygens (including phenoxy) is 1. The highest BCUT2D eigenvalue weighted by Crippen LogP contribution is 2.14. The molecule has 1 aliphatic heterocycles. The summed E-state index contributed by atoms with van der Waals surface area (Å²) in [7, 11) is 0. The maximum Gasteiger partial charge on any atom is 0.248 e. The number of carbonyl (C=O) groups is 1. The van der Waals surface area contributed by atoms with Crippen LogP contribution in [0.5, 0.6) is 5.75 Å². The van der Waals surface area contributed by atoms with Crippen molar-refractivity contribution in [3.63, 3.8) is 0 Å². The van der Waals surface area contributed by atoms with E-state index in [4.69, 9.17) is 10.5 Å². The molecular weight excluding hydrogens is 228 g/mol. The molecule has 0 radical (unpaired) electrons. The lowest BCUT2D eigenvalue weighted by atomic mass is 10.1. The first-order valence-corrected chi connectivity index (χ1v) is 6.52. The first-order chi connectivity index (χ1) is 8.75. The molecule has 1 aromatic carbocycles. The standard InChI is InChI=1S/C14H20N2O2/c15-14(17)11-5-7-13(8-6-11)18-10-2-4-12-3-1-9-16-12/h5-8,12,16H,1-4,9-10H2,(H2,15,17). The number of benzene rings is 1. The lowest BCUT2D eigenvalue weighted by molar-refractivity contribution is 0.100. The zero-order valence-corrected chi connectivity index (χ0v) is 10.5. The quantitative estimate of drug-likeness (QED) is 0.753. The van der Waals surface area contributed by atoms with Crippen LogP contribution in [0.15, 0.2) is 24.3 Å². The molecule has 1 aliphatic rings. The maximum atomic E-state index is 10.9. The number of hydrogen-bond acceptors (Lipinski definition) is 3. The molecule has 1 amide bonds. The van der Waals surface area contributed by atoms with Gasteiger partial charge in [-0.2, -0.15) is 0 Å². The van der Waals surface area contributed by atoms with Crippen LogP contribution in [-0.4, -0.2) is 25.1 Å². The third-order valence-electron chi connectivity index (χ3n) is 3.27. The van der Waals surface area contributed by atoms with Crippen molar-refractivity contribution in [3.05, 3.63) is 29.8 Å². The third kappa shape index (κ3) is 3.74. The van der Waals surface area contributed by atoms with Gasteiger partial charge in [0, 0.05) is 11.6 Å². The predicted octanol–water partition coefficient (Wildman–Crippen LogP) is 1.70. The second kappa shape index (κ2) is 6.40. The van der Waals surface area contributed by atoms with E-state index < -0.39 is 5.91 Å². The molecular formula is C14H20N2O2. The zero-order valence-electron chi connectivity index (χ0n) is 10.5. The van der Waals surface area contributed by atoms with Crippen molar-refractivity contribution in [2.24, 2.45) is 5.73 Å². The van der Waals surface area contributed by atoms with Gasteiger partial charge in [-0.05, 0) is 56.5 Å². The van der Waals surface area contributed by atoms with Gasteiger partial charge in [-0.3, -0.25) is 4.79 Å². The lowest BCUT2D eigenvalue weighted by Gasteiger charge is -2.10. The Kier molecular flexibility index (Phi) is 4.59. The van der Waals surface area contributed by atoms with Crippen LogP contribution in [0.1, 0.15) is 36.0 Å². The summed E-state index contributed by atoms with van der Waals surface area (Å²) in [4.78, 5) is 10.9. The number of carbonyl (C=O) groups excluding carboxylic acids is 1. The summed E-state index contributed by atoms with van der Waals surface area (Å²) in [5.74, 6) is 0.383. The number of hydrogen-bond donors (Lipinski definition) is 2. The number of rotatable bonds is 6. The Labute approximate surface area is 108 Å². The molecule has 1 unspecified atom stereocenters. The molecule has 3 N–H and O–H groups in total. The van der Waals surface area contributed by atoms with Crippen molar-refractivity contribution in [1.29, 1.82) is 0 Å². The van der Waals surface area contributed by atoms with Crippen LogP contribution in [0.4, 0.5) is 0 Å². The van der Waals surface area contributed by atoms with E-state index >= 15 is 0 Å². The van der Waals surface area contributed by atoms with Crippen molar-refractivity contribution in [2.75, 3.05) is 13.2 Å². The van der Waals surface area contributed by atoms with Gasteiger partial charge in [-0.15, -0.1) is 0 Å². The molecule has 0 bridgehead atoms. The normalized spacial score (nSPS) is 18.8. The summed E-state index contributed by atoms with van der Waals surface area (Å²) in [6.45, 7) is 1.87. The number of nitrogens with one attached hydrogen (secondary N) is 1. The second-order valence-electron chi connectivity index (χ2n) is 4.67. The van der Waals surface area contributed by atoms with E-state index in [0.29, 0.717) is 18.2 Å². The van der Waals surface area contributed by atoms with Crippen molar-refractivity contribution in [1.82, 2.24) is 5.32 Å². The molecule has 1 saturated heterocycles. The first-order valence-electron chi connectivity index (χ1n) is 6.52. The molecule has 18 heavy (non-hydrogen) atoms. The molecule has 1 aromatic rings. The minimum atomic E-state index is -0.408. The third-order valence-corrected chi connectivity index (χ3v) is 3.27. The van der Waals surface area contributed by atoms with Gasteiger partial charge < -0.3 is 15.8 Å². The van der Waals surface area contributed by atoms with Gasteiger partial charge in [-0.1, -0.05) is 0 Å². The largest absolute Gasteiger partial charge is 0.494 e. The summed E-state index contributed by atoms with van der Waals surface area (Å²) < 4.78 is 5.62. The SMILES string of the molecule is NC(=O)c1ccc(OCCCC2CCCN2)cc1. The van der Waals surface area contributed by atoms with Crippen LogP contribution in [0.25, 0.3) is 0 Å². The molecule has 2 rings (SSSR count). The molecule has 0 aromatic heterocycles. The minimum absolute atomic E-state index is 0.408. The van der Waals surface area contributed by atoms with E-state index in [2.05, 4.69) is 5.32 Å². The second-order valence-corrected chi connectivity index (χ2v) is 4.67. The Balaban J connectivity index is 1.68. The average molecular weight is 248 g/mol. The fourth-order valence-corrected chi connectivity index (χ4v) is 2.24. The topological polar surface area (TPSA) is 64.4 Å². The van der Waals surface area contributed by atoms with Crippen LogP contribution in [0.2, 0.25) is 0 Å². The molecule has 1 atom stereocenters. The Morgan fingerprint density at radius 3 is 2.78 bits per heavy atom. The van der Waals surface area contributed by atoms with Gasteiger partial charge in [0.2, 0.25) is 5.91 Å². The Bertz CT molecular complexity index is 383. The van der Waals surface area contributed by atoms with Gasteiger partial charge >= 0.3 is 0 Å². The molecule has 4 heteroatoms. The lowest BCUT2D eigenvalue weighted by Crippen LogP contribution is -2.21. The van der Waals surface area contributed by atoms with Gasteiger partial charge in [0.1, 0.15) is 5.75 Å². The molecule has 98 valence electrons. The molecule has 0 aliphatic carbocycles. The molecule has 4 nitrogen and oxygen atoms in total. The fraction of sp³-hybridized carbons (Fsp3) is 0.500. The summed E-state index contributed by atoms with van der Waals surface area (Å²) in [6.07, 6.45) is 4.79. The van der Waals surface area contributed by atoms with Crippen molar-refractivity contribution in [2.45, 2.75) is 31.7 Å². The van der Waals surface area contributed by atoms with Gasteiger partial charge in [-0.25, -0.2) is 0 Å². The summed E-state index contributed by atoms with van der Waals surface area (Å²) in [5.41, 5.74) is 5.68. The van der Waals surface area contributed by atoms with Crippen molar-refractivity contribution in [3.8, 4) is 5.75 Å². The molecule has 1 fully saturated rings. The highest BCUT2D eigenvalue weighted by molar-refractivity contribution is 5.92. The van der Waals surface area contributed by atoms with E-state index in [1.54, 1.807) is 24.3 Å². The van der Waals surface area contributed by atoms with Gasteiger partial charge in [0.05, 0.1) is 6.61 Å². The smallest absolute Gasteiger partial charge is 0.248 e. The van der Waals surface area contributed by atoms with E-state index in [-0.39, 0.29) is 0 Å².